The van der Waals surface area contributed by atoms with Crippen molar-refractivity contribution in [1.29, 1.82) is 0 Å². The van der Waals surface area contributed by atoms with E-state index in [4.69, 9.17) is 14.4 Å². The van der Waals surface area contributed by atoms with E-state index in [2.05, 4.69) is 126 Å². The van der Waals surface area contributed by atoms with Gasteiger partial charge in [0.25, 0.3) is 0 Å². The summed E-state index contributed by atoms with van der Waals surface area (Å²) in [5.74, 6) is 0. The van der Waals surface area contributed by atoms with E-state index in [0.29, 0.717) is 5.71 Å². The van der Waals surface area contributed by atoms with Gasteiger partial charge in [0.05, 0.1) is 22.2 Å². The molecule has 7 aromatic carbocycles. The average Bonchev–Trinajstić information content (AvgIpc) is 3.65. The largest absolute Gasteiger partial charge is 0.436 e. The van der Waals surface area contributed by atoms with Crippen LogP contribution in [0.3, 0.4) is 0 Å². The molecule has 0 fully saturated rings. The Morgan fingerprint density at radius 1 is 0.457 bits per heavy atom. The van der Waals surface area contributed by atoms with E-state index in [9.17, 15) is 0 Å². The molecule has 0 saturated carbocycles. The fraction of sp³-hybridized carbons (Fsp3) is 0. The molecule has 0 radical (unpaired) electrons. The van der Waals surface area contributed by atoms with E-state index in [1.165, 1.54) is 59.6 Å². The minimum atomic E-state index is 0.547. The van der Waals surface area contributed by atoms with Crippen LogP contribution in [-0.4, -0.2) is 14.4 Å². The molecular weight excluding hydrogens is 562 g/mol. The Morgan fingerprint density at radius 3 is 2.07 bits per heavy atom. The van der Waals surface area contributed by atoms with Crippen LogP contribution in [0.15, 0.2) is 144 Å². The van der Waals surface area contributed by atoms with Crippen LogP contribution in [0.1, 0.15) is 0 Å². The van der Waals surface area contributed by atoms with Gasteiger partial charge in [-0.25, -0.2) is 9.97 Å². The fourth-order valence-corrected chi connectivity index (χ4v) is 7.68. The molecule has 212 valence electrons. The minimum absolute atomic E-state index is 0.547. The van der Waals surface area contributed by atoms with Crippen LogP contribution in [0, 0.1) is 0 Å². The number of fused-ring (bicyclic) bond motifs is 9. The lowest BCUT2D eigenvalue weighted by Crippen LogP contribution is -1.95. The Morgan fingerprint density at radius 2 is 1.13 bits per heavy atom. The summed E-state index contributed by atoms with van der Waals surface area (Å²) in [6.45, 7) is 0. The van der Waals surface area contributed by atoms with E-state index in [-0.39, 0.29) is 0 Å². The Hall–Kier alpha value is -6.26. The van der Waals surface area contributed by atoms with Crippen LogP contribution in [-0.2, 0) is 0 Å². The molecule has 0 spiro atoms. The fourth-order valence-electron chi connectivity index (χ4n) is 7.68. The molecule has 0 aliphatic heterocycles. The summed E-state index contributed by atoms with van der Waals surface area (Å²) >= 11 is 0. The van der Waals surface area contributed by atoms with Crippen molar-refractivity contribution >= 4 is 81.8 Å². The van der Waals surface area contributed by atoms with Gasteiger partial charge >= 0.3 is 0 Å². The maximum atomic E-state index is 6.27. The molecule has 0 atom stereocenters. The van der Waals surface area contributed by atoms with Gasteiger partial charge in [-0.1, -0.05) is 103 Å². The Bertz CT molecular complexity index is 3030. The van der Waals surface area contributed by atoms with Crippen LogP contribution in [0.5, 0.6) is 0 Å². The summed E-state index contributed by atoms with van der Waals surface area (Å²) in [6.07, 6.45) is 0. The molecule has 46 heavy (non-hydrogen) atoms. The third-order valence-electron chi connectivity index (χ3n) is 9.71. The van der Waals surface area contributed by atoms with Crippen molar-refractivity contribution in [2.75, 3.05) is 0 Å². The second kappa shape index (κ2) is 8.68. The van der Waals surface area contributed by atoms with Crippen molar-refractivity contribution < 1.29 is 4.42 Å². The normalized spacial score (nSPS) is 12.3. The van der Waals surface area contributed by atoms with Gasteiger partial charge < -0.3 is 8.82 Å². The quantitative estimate of drug-likeness (QED) is 0.150. The zero-order chi connectivity index (χ0) is 29.9. The molecule has 0 saturated heterocycles. The Balaban J connectivity index is 1.25. The summed E-state index contributed by atoms with van der Waals surface area (Å²) in [4.78, 5) is 10.5. The van der Waals surface area contributed by atoms with E-state index in [0.717, 1.165) is 39.0 Å². The molecule has 4 aromatic heterocycles. The van der Waals surface area contributed by atoms with Crippen molar-refractivity contribution in [2.45, 2.75) is 0 Å². The summed E-state index contributed by atoms with van der Waals surface area (Å²) in [7, 11) is 0. The highest BCUT2D eigenvalue weighted by molar-refractivity contribution is 6.27. The number of benzene rings is 7. The van der Waals surface area contributed by atoms with Gasteiger partial charge in [0.1, 0.15) is 16.8 Å². The smallest absolute Gasteiger partial charge is 0.246 e. The molecule has 0 aliphatic carbocycles. The predicted octanol–water partition coefficient (Wildman–Crippen LogP) is 11.2. The number of furan rings is 1. The zero-order valence-electron chi connectivity index (χ0n) is 24.5. The molecule has 0 N–H and O–H groups in total. The van der Waals surface area contributed by atoms with Crippen LogP contribution in [0.4, 0.5) is 0 Å². The highest BCUT2D eigenvalue weighted by atomic mass is 16.3. The lowest BCUT2D eigenvalue weighted by atomic mass is 9.98. The third kappa shape index (κ3) is 3.12. The lowest BCUT2D eigenvalue weighted by Gasteiger charge is -2.12. The molecule has 0 unspecified atom stereocenters. The molecule has 4 nitrogen and oxygen atoms in total. The van der Waals surface area contributed by atoms with E-state index in [1.54, 1.807) is 0 Å². The van der Waals surface area contributed by atoms with Crippen molar-refractivity contribution in [3.05, 3.63) is 140 Å². The first-order valence-corrected chi connectivity index (χ1v) is 15.6. The zero-order valence-corrected chi connectivity index (χ0v) is 24.5. The summed E-state index contributed by atoms with van der Waals surface area (Å²) in [6, 6.07) is 49.7. The highest BCUT2D eigenvalue weighted by Crippen LogP contribution is 2.42. The second-order valence-corrected chi connectivity index (χ2v) is 12.2. The monoisotopic (exact) mass is 585 g/mol. The minimum Gasteiger partial charge on any atom is -0.436 e. The molecule has 0 aliphatic rings. The number of pyridine rings is 1. The number of aromatic nitrogens is 3. The van der Waals surface area contributed by atoms with Crippen LogP contribution >= 0.6 is 0 Å². The standard InChI is InChI=1S/C42H23N3O/c1-2-9-26-22-27(19-18-24(26)8-1)38-39(44-42-40(43-38)32-12-3-4-17-36(32)46-42)28-20-21-34-33(23-28)31-15-7-14-30-29-13-5-10-25-11-6-16-35(37(25)29)45(34)41(30)31/h1-23H. The Kier molecular flexibility index (Phi) is 4.55. The van der Waals surface area contributed by atoms with Crippen molar-refractivity contribution in [3.8, 4) is 22.5 Å². The Labute approximate surface area is 262 Å². The molecule has 0 amide bonds. The van der Waals surface area contributed by atoms with Crippen LogP contribution in [0.2, 0.25) is 0 Å². The molecule has 4 heteroatoms. The van der Waals surface area contributed by atoms with Crippen molar-refractivity contribution in [2.24, 2.45) is 0 Å². The van der Waals surface area contributed by atoms with Gasteiger partial charge in [0, 0.05) is 38.1 Å². The highest BCUT2D eigenvalue weighted by Gasteiger charge is 2.21. The van der Waals surface area contributed by atoms with E-state index < -0.39 is 0 Å². The van der Waals surface area contributed by atoms with Crippen LogP contribution < -0.4 is 0 Å². The summed E-state index contributed by atoms with van der Waals surface area (Å²) in [5.41, 5.74) is 9.44. The van der Waals surface area contributed by atoms with Crippen molar-refractivity contribution in [3.63, 3.8) is 0 Å². The maximum Gasteiger partial charge on any atom is 0.246 e. The molecule has 4 heterocycles. The number of para-hydroxylation sites is 2. The van der Waals surface area contributed by atoms with E-state index >= 15 is 0 Å². The number of hydrogen-bond donors (Lipinski definition) is 0. The maximum absolute atomic E-state index is 6.27. The second-order valence-electron chi connectivity index (χ2n) is 12.2. The first-order valence-electron chi connectivity index (χ1n) is 15.6. The van der Waals surface area contributed by atoms with Crippen molar-refractivity contribution in [1.82, 2.24) is 14.4 Å². The number of rotatable bonds is 2. The molecule has 0 bridgehead atoms. The third-order valence-corrected chi connectivity index (χ3v) is 9.71. The van der Waals surface area contributed by atoms with Gasteiger partial charge in [0.2, 0.25) is 5.71 Å². The molecule has 11 aromatic rings. The number of nitrogens with zero attached hydrogens (tertiary/aromatic N) is 3. The SMILES string of the molecule is c1ccc2cc(-c3nc4c(nc3-c3ccc5c(c3)c3cccc6c7cccc8cccc(c87)n5c63)oc3ccccc34)ccc2c1. The van der Waals surface area contributed by atoms with Crippen LogP contribution in [0.25, 0.3) is 104 Å². The van der Waals surface area contributed by atoms with Gasteiger partial charge in [-0.05, 0) is 57.9 Å². The first kappa shape index (κ1) is 24.1. The van der Waals surface area contributed by atoms with Gasteiger partial charge in [-0.15, -0.1) is 0 Å². The summed E-state index contributed by atoms with van der Waals surface area (Å²) < 4.78 is 8.71. The topological polar surface area (TPSA) is 43.3 Å². The predicted molar refractivity (Wildman–Crippen MR) is 190 cm³/mol. The first-order chi connectivity index (χ1) is 22.8. The summed E-state index contributed by atoms with van der Waals surface area (Å²) in [5, 5.41) is 10.9. The van der Waals surface area contributed by atoms with Gasteiger partial charge in [0.15, 0.2) is 0 Å². The lowest BCUT2D eigenvalue weighted by molar-refractivity contribution is 0.653. The molecular formula is C42H23N3O. The van der Waals surface area contributed by atoms with E-state index in [1.807, 2.05) is 18.2 Å². The molecule has 11 rings (SSSR count). The van der Waals surface area contributed by atoms with Gasteiger partial charge in [-0.3, -0.25) is 0 Å². The average molecular weight is 586 g/mol. The number of hydrogen-bond acceptors (Lipinski definition) is 3. The van der Waals surface area contributed by atoms with Gasteiger partial charge in [-0.2, -0.15) is 0 Å².